The Morgan fingerprint density at radius 2 is 2.00 bits per heavy atom. The first-order valence-corrected chi connectivity index (χ1v) is 8.60. The van der Waals surface area contributed by atoms with Crippen molar-refractivity contribution in [1.82, 2.24) is 10.2 Å². The van der Waals surface area contributed by atoms with E-state index in [1.165, 1.54) is 0 Å². The lowest BCUT2D eigenvalue weighted by molar-refractivity contribution is -0.121. The van der Waals surface area contributed by atoms with Crippen LogP contribution in [0.2, 0.25) is 0 Å². The molecule has 0 saturated heterocycles. The minimum atomic E-state index is 0.0718. The molecule has 0 radical (unpaired) electrons. The average molecular weight is 379 g/mol. The summed E-state index contributed by atoms with van der Waals surface area (Å²) in [4.78, 5) is 13.9. The minimum absolute atomic E-state index is 0.0718. The molecular formula is C18H23BrN2O2. The molecule has 2 rings (SSSR count). The van der Waals surface area contributed by atoms with E-state index in [1.807, 2.05) is 50.5 Å². The lowest BCUT2D eigenvalue weighted by Gasteiger charge is -2.09. The molecular weight excluding hydrogens is 356 g/mol. The van der Waals surface area contributed by atoms with E-state index in [0.717, 1.165) is 41.1 Å². The number of carbonyl (C=O) groups is 1. The van der Waals surface area contributed by atoms with Gasteiger partial charge in [-0.3, -0.25) is 4.79 Å². The van der Waals surface area contributed by atoms with Crippen LogP contribution in [0, 0.1) is 0 Å². The first-order chi connectivity index (χ1) is 11.1. The summed E-state index contributed by atoms with van der Waals surface area (Å²) in [6.45, 7) is 1.70. The summed E-state index contributed by atoms with van der Waals surface area (Å²) in [7, 11) is 4.06. The molecule has 0 saturated carbocycles. The first-order valence-electron chi connectivity index (χ1n) is 7.81. The summed E-state index contributed by atoms with van der Waals surface area (Å²) in [5.41, 5.74) is 1.02. The number of amides is 1. The van der Waals surface area contributed by atoms with Crippen molar-refractivity contribution in [3.63, 3.8) is 0 Å². The van der Waals surface area contributed by atoms with Crippen LogP contribution in [-0.4, -0.2) is 38.0 Å². The molecule has 23 heavy (non-hydrogen) atoms. The molecule has 4 nitrogen and oxygen atoms in total. The van der Waals surface area contributed by atoms with E-state index in [4.69, 9.17) is 4.42 Å². The fourth-order valence-corrected chi connectivity index (χ4v) is 2.75. The van der Waals surface area contributed by atoms with Gasteiger partial charge in [-0.2, -0.15) is 0 Å². The Hall–Kier alpha value is -1.59. The molecule has 0 unspecified atom stereocenters. The van der Waals surface area contributed by atoms with Crippen LogP contribution in [0.3, 0.4) is 0 Å². The van der Waals surface area contributed by atoms with Gasteiger partial charge in [-0.1, -0.05) is 34.1 Å². The van der Waals surface area contributed by atoms with Gasteiger partial charge in [0.25, 0.3) is 0 Å². The van der Waals surface area contributed by atoms with Crippen LogP contribution in [0.25, 0.3) is 11.3 Å². The van der Waals surface area contributed by atoms with Crippen molar-refractivity contribution in [3.05, 3.63) is 46.6 Å². The Kier molecular flexibility index (Phi) is 6.86. The molecule has 124 valence electrons. The third-order valence-corrected chi connectivity index (χ3v) is 4.20. The Labute approximate surface area is 146 Å². The predicted molar refractivity (Wildman–Crippen MR) is 96.3 cm³/mol. The predicted octanol–water partition coefficient (Wildman–Crippen LogP) is 3.71. The second-order valence-electron chi connectivity index (χ2n) is 5.75. The van der Waals surface area contributed by atoms with Crippen LogP contribution in [0.4, 0.5) is 0 Å². The molecule has 0 atom stereocenters. The Bertz CT molecular complexity index is 637. The maximum atomic E-state index is 11.8. The molecule has 1 aromatic heterocycles. The van der Waals surface area contributed by atoms with E-state index < -0.39 is 0 Å². The molecule has 0 bridgehead atoms. The van der Waals surface area contributed by atoms with E-state index in [1.54, 1.807) is 0 Å². The minimum Gasteiger partial charge on any atom is -0.461 e. The topological polar surface area (TPSA) is 45.5 Å². The average Bonchev–Trinajstić information content (AvgIpc) is 2.98. The third kappa shape index (κ3) is 5.84. The van der Waals surface area contributed by atoms with Crippen molar-refractivity contribution in [3.8, 4) is 11.3 Å². The van der Waals surface area contributed by atoms with Crippen LogP contribution in [0.5, 0.6) is 0 Å². The van der Waals surface area contributed by atoms with Crippen molar-refractivity contribution in [1.29, 1.82) is 0 Å². The summed E-state index contributed by atoms with van der Waals surface area (Å²) in [5.74, 6) is 1.72. The lowest BCUT2D eigenvalue weighted by atomic mass is 10.2. The van der Waals surface area contributed by atoms with Gasteiger partial charge in [-0.05, 0) is 45.3 Å². The fourth-order valence-electron chi connectivity index (χ4n) is 2.27. The molecule has 0 aliphatic carbocycles. The lowest BCUT2D eigenvalue weighted by Crippen LogP contribution is -2.27. The number of carbonyl (C=O) groups excluding carboxylic acids is 1. The van der Waals surface area contributed by atoms with Crippen molar-refractivity contribution >= 4 is 21.8 Å². The maximum Gasteiger partial charge on any atom is 0.220 e. The van der Waals surface area contributed by atoms with Gasteiger partial charge in [0.15, 0.2) is 0 Å². The highest BCUT2D eigenvalue weighted by atomic mass is 79.9. The molecule has 1 N–H and O–H groups in total. The number of hydrogen-bond acceptors (Lipinski definition) is 3. The second kappa shape index (κ2) is 8.89. The van der Waals surface area contributed by atoms with Crippen LogP contribution in [0.15, 0.2) is 45.3 Å². The van der Waals surface area contributed by atoms with Gasteiger partial charge in [-0.15, -0.1) is 0 Å². The Balaban J connectivity index is 1.79. The number of furan rings is 1. The fraction of sp³-hybridized carbons (Fsp3) is 0.389. The van der Waals surface area contributed by atoms with Crippen molar-refractivity contribution < 1.29 is 9.21 Å². The van der Waals surface area contributed by atoms with Crippen LogP contribution in [0.1, 0.15) is 18.6 Å². The summed E-state index contributed by atoms with van der Waals surface area (Å²) >= 11 is 3.52. The molecule has 0 spiro atoms. The monoisotopic (exact) mass is 378 g/mol. The highest BCUT2D eigenvalue weighted by Crippen LogP contribution is 2.29. The molecule has 0 fully saturated rings. The van der Waals surface area contributed by atoms with E-state index in [2.05, 4.69) is 26.1 Å². The number of benzene rings is 1. The molecule has 1 aromatic carbocycles. The molecule has 5 heteroatoms. The number of nitrogens with zero attached hydrogens (tertiary/aromatic N) is 1. The van der Waals surface area contributed by atoms with Gasteiger partial charge >= 0.3 is 0 Å². The Morgan fingerprint density at radius 3 is 2.74 bits per heavy atom. The van der Waals surface area contributed by atoms with Gasteiger partial charge in [0.1, 0.15) is 11.5 Å². The smallest absolute Gasteiger partial charge is 0.220 e. The number of aryl methyl sites for hydroxylation is 1. The van der Waals surface area contributed by atoms with Crippen molar-refractivity contribution in [2.45, 2.75) is 19.3 Å². The van der Waals surface area contributed by atoms with Crippen LogP contribution >= 0.6 is 15.9 Å². The Morgan fingerprint density at radius 1 is 1.22 bits per heavy atom. The summed E-state index contributed by atoms with van der Waals surface area (Å²) in [6, 6.07) is 11.8. The normalized spacial score (nSPS) is 11.0. The van der Waals surface area contributed by atoms with Crippen LogP contribution < -0.4 is 5.32 Å². The van der Waals surface area contributed by atoms with Gasteiger partial charge in [0.2, 0.25) is 5.91 Å². The highest BCUT2D eigenvalue weighted by molar-refractivity contribution is 9.10. The number of hydrogen-bond donors (Lipinski definition) is 1. The summed E-state index contributed by atoms with van der Waals surface area (Å²) < 4.78 is 6.84. The zero-order chi connectivity index (χ0) is 16.7. The van der Waals surface area contributed by atoms with Gasteiger partial charge in [-0.25, -0.2) is 0 Å². The molecule has 0 aliphatic rings. The molecule has 2 aromatic rings. The van der Waals surface area contributed by atoms with Crippen molar-refractivity contribution in [2.24, 2.45) is 0 Å². The van der Waals surface area contributed by atoms with E-state index in [0.29, 0.717) is 12.8 Å². The number of nitrogens with one attached hydrogen (secondary N) is 1. The third-order valence-electron chi connectivity index (χ3n) is 3.50. The summed E-state index contributed by atoms with van der Waals surface area (Å²) in [6.07, 6.45) is 2.03. The second-order valence-corrected chi connectivity index (χ2v) is 6.61. The number of halogens is 1. The zero-order valence-electron chi connectivity index (χ0n) is 13.6. The number of rotatable bonds is 8. The van der Waals surface area contributed by atoms with Gasteiger partial charge in [0, 0.05) is 29.4 Å². The summed E-state index contributed by atoms with van der Waals surface area (Å²) in [5, 5.41) is 2.94. The van der Waals surface area contributed by atoms with E-state index >= 15 is 0 Å². The molecule has 1 amide bonds. The van der Waals surface area contributed by atoms with Crippen LogP contribution in [-0.2, 0) is 11.2 Å². The quantitative estimate of drug-likeness (QED) is 0.712. The van der Waals surface area contributed by atoms with Crippen molar-refractivity contribution in [2.75, 3.05) is 27.2 Å². The van der Waals surface area contributed by atoms with E-state index in [9.17, 15) is 4.79 Å². The highest BCUT2D eigenvalue weighted by Gasteiger charge is 2.09. The van der Waals surface area contributed by atoms with Gasteiger partial charge < -0.3 is 14.6 Å². The zero-order valence-corrected chi connectivity index (χ0v) is 15.2. The van der Waals surface area contributed by atoms with Gasteiger partial charge in [0.05, 0.1) is 0 Å². The largest absolute Gasteiger partial charge is 0.461 e. The SMILES string of the molecule is CN(C)CCCNC(=O)CCc1ccc(-c2ccccc2Br)o1. The first kappa shape index (κ1) is 17.8. The molecule has 0 aliphatic heterocycles. The van der Waals surface area contributed by atoms with E-state index in [-0.39, 0.29) is 5.91 Å². The maximum absolute atomic E-state index is 11.8. The standard InChI is InChI=1S/C18H23BrN2O2/c1-21(2)13-5-12-20-18(22)11-9-14-8-10-17(23-14)15-6-3-4-7-16(15)19/h3-4,6-8,10H,5,9,11-13H2,1-2H3,(H,20,22). The molecule has 1 heterocycles.